The summed E-state index contributed by atoms with van der Waals surface area (Å²) in [6.07, 6.45) is 1.56. The molecule has 0 aliphatic rings. The van der Waals surface area contributed by atoms with E-state index in [1.165, 1.54) is 3.57 Å². The number of nitrogens with zero attached hydrogens (tertiary/aromatic N) is 2. The number of hydrogen-bond donors (Lipinski definition) is 2. The second-order valence-corrected chi connectivity index (χ2v) is 5.20. The zero-order valence-corrected chi connectivity index (χ0v) is 11.6. The molecule has 0 aliphatic carbocycles. The zero-order valence-electron chi connectivity index (χ0n) is 9.47. The number of hydrogen-bond acceptors (Lipinski definition) is 3. The van der Waals surface area contributed by atoms with Crippen LogP contribution in [0.1, 0.15) is 17.2 Å². The monoisotopic (exact) mass is 343 g/mol. The molecule has 1 heterocycles. The fourth-order valence-electron chi connectivity index (χ4n) is 1.67. The molecule has 0 amide bonds. The normalized spacial score (nSPS) is 12.6. The van der Waals surface area contributed by atoms with Crippen molar-refractivity contribution in [3.05, 3.63) is 45.2 Å². The Kier molecular flexibility index (Phi) is 3.68. The number of aliphatic hydroxyl groups excluding tert-OH is 1. The van der Waals surface area contributed by atoms with Crippen molar-refractivity contribution >= 4 is 28.4 Å². The number of aryl methyl sites for hydroxylation is 1. The molecular weight excluding hydrogens is 329 g/mol. The fourth-order valence-corrected chi connectivity index (χ4v) is 2.03. The third-order valence-electron chi connectivity index (χ3n) is 2.72. The van der Waals surface area contributed by atoms with Crippen LogP contribution in [0, 0.1) is 3.57 Å². The minimum absolute atomic E-state index is 0.517. The average molecular weight is 343 g/mol. The molecular formula is C12H14IN3O. The van der Waals surface area contributed by atoms with Crippen LogP contribution in [0.15, 0.2) is 30.5 Å². The molecule has 3 N–H and O–H groups in total. The third-order valence-corrected chi connectivity index (χ3v) is 3.43. The molecule has 0 radical (unpaired) electrons. The van der Waals surface area contributed by atoms with Crippen molar-refractivity contribution in [2.75, 3.05) is 5.73 Å². The number of rotatable bonds is 3. The summed E-state index contributed by atoms with van der Waals surface area (Å²) >= 11 is 2.25. The number of halogens is 1. The first kappa shape index (κ1) is 12.4. The van der Waals surface area contributed by atoms with Gasteiger partial charge in [-0.1, -0.05) is 12.1 Å². The molecule has 0 saturated heterocycles. The molecule has 2 rings (SSSR count). The van der Waals surface area contributed by atoms with Crippen LogP contribution < -0.4 is 5.73 Å². The van der Waals surface area contributed by atoms with E-state index in [4.69, 9.17) is 5.73 Å². The van der Waals surface area contributed by atoms with Gasteiger partial charge in [-0.25, -0.2) is 0 Å². The minimum Gasteiger partial charge on any atom is -0.388 e. The van der Waals surface area contributed by atoms with Gasteiger partial charge in [0.2, 0.25) is 0 Å². The molecule has 1 aromatic heterocycles. The summed E-state index contributed by atoms with van der Waals surface area (Å²) in [7, 11) is 1.76. The first-order valence-corrected chi connectivity index (χ1v) is 6.35. The van der Waals surface area contributed by atoms with Crippen LogP contribution in [0.2, 0.25) is 0 Å². The van der Waals surface area contributed by atoms with Crippen molar-refractivity contribution in [3.63, 3.8) is 0 Å². The molecule has 5 heteroatoms. The molecule has 2 aromatic rings. The lowest BCUT2D eigenvalue weighted by Gasteiger charge is -2.10. The predicted octanol–water partition coefficient (Wildman–Crippen LogP) is 1.88. The van der Waals surface area contributed by atoms with E-state index in [0.717, 1.165) is 5.56 Å². The van der Waals surface area contributed by atoms with E-state index in [9.17, 15) is 5.11 Å². The van der Waals surface area contributed by atoms with Gasteiger partial charge >= 0.3 is 0 Å². The van der Waals surface area contributed by atoms with E-state index in [2.05, 4.69) is 27.7 Å². The van der Waals surface area contributed by atoms with Crippen LogP contribution in [-0.2, 0) is 13.5 Å². The van der Waals surface area contributed by atoms with Crippen molar-refractivity contribution in [3.8, 4) is 0 Å². The predicted molar refractivity (Wildman–Crippen MR) is 75.4 cm³/mol. The zero-order chi connectivity index (χ0) is 12.4. The Morgan fingerprint density at radius 2 is 2.06 bits per heavy atom. The number of nitrogen functional groups attached to an aromatic ring is 1. The van der Waals surface area contributed by atoms with E-state index in [1.54, 1.807) is 17.9 Å². The Balaban J connectivity index is 2.14. The van der Waals surface area contributed by atoms with Crippen LogP contribution in [0.25, 0.3) is 0 Å². The lowest BCUT2D eigenvalue weighted by atomic mass is 10.0. The Morgan fingerprint density at radius 1 is 1.41 bits per heavy atom. The van der Waals surface area contributed by atoms with Gasteiger partial charge in [0.05, 0.1) is 12.3 Å². The van der Waals surface area contributed by atoms with Gasteiger partial charge in [-0.2, -0.15) is 5.10 Å². The molecule has 1 aromatic carbocycles. The number of aliphatic hydroxyl groups is 1. The summed E-state index contributed by atoms with van der Waals surface area (Å²) in [5.74, 6) is 0.517. The first-order valence-electron chi connectivity index (χ1n) is 5.28. The Labute approximate surface area is 114 Å². The van der Waals surface area contributed by atoms with Gasteiger partial charge in [-0.15, -0.1) is 0 Å². The van der Waals surface area contributed by atoms with Gasteiger partial charge in [0.25, 0.3) is 0 Å². The Hall–Kier alpha value is -1.08. The summed E-state index contributed by atoms with van der Waals surface area (Å²) in [5.41, 5.74) is 7.59. The van der Waals surface area contributed by atoms with Crippen molar-refractivity contribution in [2.24, 2.45) is 7.05 Å². The average Bonchev–Trinajstić information content (AvgIpc) is 2.63. The lowest BCUT2D eigenvalue weighted by molar-refractivity contribution is 0.179. The molecule has 17 heavy (non-hydrogen) atoms. The molecule has 90 valence electrons. The Morgan fingerprint density at radius 3 is 2.59 bits per heavy atom. The van der Waals surface area contributed by atoms with Crippen LogP contribution in [0.5, 0.6) is 0 Å². The second-order valence-electron chi connectivity index (χ2n) is 3.96. The molecule has 4 nitrogen and oxygen atoms in total. The number of anilines is 1. The number of nitrogens with two attached hydrogens (primary N) is 1. The van der Waals surface area contributed by atoms with Crippen molar-refractivity contribution in [2.45, 2.75) is 12.5 Å². The second kappa shape index (κ2) is 5.05. The largest absolute Gasteiger partial charge is 0.388 e. The summed E-state index contributed by atoms with van der Waals surface area (Å²) in [5, 5.41) is 14.1. The first-order chi connectivity index (χ1) is 8.08. The molecule has 0 fully saturated rings. The quantitative estimate of drug-likeness (QED) is 0.837. The van der Waals surface area contributed by atoms with Crippen molar-refractivity contribution < 1.29 is 5.11 Å². The number of benzene rings is 1. The molecule has 0 aliphatic heterocycles. The van der Waals surface area contributed by atoms with Crippen LogP contribution >= 0.6 is 22.6 Å². The number of aromatic nitrogens is 2. The SMILES string of the molecule is Cn1ncc(C(O)Cc2ccc(I)cc2)c1N. The summed E-state index contributed by atoms with van der Waals surface area (Å²) < 4.78 is 2.74. The van der Waals surface area contributed by atoms with Crippen LogP contribution in [-0.4, -0.2) is 14.9 Å². The standard InChI is InChI=1S/C12H14IN3O/c1-16-12(14)10(7-15-16)11(17)6-8-2-4-9(13)5-3-8/h2-5,7,11,17H,6,14H2,1H3. The highest BCUT2D eigenvalue weighted by Crippen LogP contribution is 2.23. The highest BCUT2D eigenvalue weighted by Gasteiger charge is 2.15. The Bertz CT molecular complexity index is 507. The maximum absolute atomic E-state index is 10.1. The summed E-state index contributed by atoms with van der Waals surface area (Å²) in [6, 6.07) is 8.07. The van der Waals surface area contributed by atoms with E-state index in [-0.39, 0.29) is 0 Å². The lowest BCUT2D eigenvalue weighted by Crippen LogP contribution is -2.06. The maximum atomic E-state index is 10.1. The van der Waals surface area contributed by atoms with Gasteiger partial charge in [-0.3, -0.25) is 4.68 Å². The van der Waals surface area contributed by atoms with E-state index in [1.807, 2.05) is 24.3 Å². The van der Waals surface area contributed by atoms with Crippen molar-refractivity contribution in [1.29, 1.82) is 0 Å². The van der Waals surface area contributed by atoms with E-state index < -0.39 is 6.10 Å². The van der Waals surface area contributed by atoms with Crippen LogP contribution in [0.3, 0.4) is 0 Å². The summed E-state index contributed by atoms with van der Waals surface area (Å²) in [6.45, 7) is 0. The fraction of sp³-hybridized carbons (Fsp3) is 0.250. The molecule has 1 unspecified atom stereocenters. The minimum atomic E-state index is -0.608. The maximum Gasteiger partial charge on any atom is 0.127 e. The third kappa shape index (κ3) is 2.78. The van der Waals surface area contributed by atoms with Gasteiger partial charge in [0.1, 0.15) is 5.82 Å². The van der Waals surface area contributed by atoms with Crippen LogP contribution in [0.4, 0.5) is 5.82 Å². The molecule has 0 spiro atoms. The molecule has 1 atom stereocenters. The van der Waals surface area contributed by atoms with E-state index >= 15 is 0 Å². The topological polar surface area (TPSA) is 64.1 Å². The van der Waals surface area contributed by atoms with Gasteiger partial charge in [-0.05, 0) is 40.3 Å². The highest BCUT2D eigenvalue weighted by molar-refractivity contribution is 14.1. The van der Waals surface area contributed by atoms with Crippen molar-refractivity contribution in [1.82, 2.24) is 9.78 Å². The molecule has 0 saturated carbocycles. The van der Waals surface area contributed by atoms with Gasteiger partial charge in [0, 0.05) is 22.6 Å². The van der Waals surface area contributed by atoms with Gasteiger partial charge in [0.15, 0.2) is 0 Å². The van der Waals surface area contributed by atoms with E-state index in [0.29, 0.717) is 17.8 Å². The van der Waals surface area contributed by atoms with Gasteiger partial charge < -0.3 is 10.8 Å². The summed E-state index contributed by atoms with van der Waals surface area (Å²) in [4.78, 5) is 0. The molecule has 0 bridgehead atoms. The smallest absolute Gasteiger partial charge is 0.127 e. The highest BCUT2D eigenvalue weighted by atomic mass is 127.